The van der Waals surface area contributed by atoms with Crippen molar-refractivity contribution in [2.45, 2.75) is 58.1 Å². The maximum atomic E-state index is 9.71. The van der Waals surface area contributed by atoms with E-state index >= 15 is 0 Å². The Bertz CT molecular complexity index is 419. The highest BCUT2D eigenvalue weighted by atomic mass is 79.9. The van der Waals surface area contributed by atoms with Gasteiger partial charge in [0.1, 0.15) is 0 Å². The summed E-state index contributed by atoms with van der Waals surface area (Å²) >= 11 is 3.59. The third-order valence-corrected chi connectivity index (χ3v) is 4.80. The molecule has 0 amide bonds. The first kappa shape index (κ1) is 14.9. The summed E-state index contributed by atoms with van der Waals surface area (Å²) in [4.78, 5) is 2.55. The molecule has 0 aliphatic carbocycles. The number of aliphatic hydroxyl groups excluding tert-OH is 1. The third kappa shape index (κ3) is 3.51. The second-order valence-corrected chi connectivity index (χ2v) is 6.34. The zero-order valence-electron chi connectivity index (χ0n) is 11.9. The molecular formula is C16H24BrNO. The minimum Gasteiger partial charge on any atom is -0.389 e. The van der Waals surface area contributed by atoms with Gasteiger partial charge < -0.3 is 10.0 Å². The third-order valence-electron chi connectivity index (χ3n) is 4.11. The predicted octanol–water partition coefficient (Wildman–Crippen LogP) is 4.66. The fraction of sp³-hybridized carbons (Fsp3) is 0.625. The van der Waals surface area contributed by atoms with Gasteiger partial charge in [0.25, 0.3) is 0 Å². The summed E-state index contributed by atoms with van der Waals surface area (Å²) in [5.41, 5.74) is 2.25. The zero-order chi connectivity index (χ0) is 13.8. The Kier molecular flexibility index (Phi) is 5.28. The van der Waals surface area contributed by atoms with E-state index in [1.54, 1.807) is 6.92 Å². The summed E-state index contributed by atoms with van der Waals surface area (Å²) in [6, 6.07) is 7.02. The van der Waals surface area contributed by atoms with Crippen molar-refractivity contribution in [1.29, 1.82) is 0 Å². The first-order valence-corrected chi connectivity index (χ1v) is 8.17. The van der Waals surface area contributed by atoms with Gasteiger partial charge in [0.15, 0.2) is 0 Å². The maximum absolute atomic E-state index is 9.71. The Morgan fingerprint density at radius 1 is 1.37 bits per heavy atom. The Labute approximate surface area is 124 Å². The molecule has 1 saturated heterocycles. The van der Waals surface area contributed by atoms with Crippen LogP contribution >= 0.6 is 15.9 Å². The largest absolute Gasteiger partial charge is 0.389 e. The Morgan fingerprint density at radius 3 is 2.79 bits per heavy atom. The molecule has 19 heavy (non-hydrogen) atoms. The van der Waals surface area contributed by atoms with Crippen molar-refractivity contribution in [3.8, 4) is 0 Å². The molecule has 0 saturated carbocycles. The smallest absolute Gasteiger partial charge is 0.0772 e. The molecule has 1 aromatic rings. The summed E-state index contributed by atoms with van der Waals surface area (Å²) in [6.45, 7) is 5.24. The van der Waals surface area contributed by atoms with Gasteiger partial charge in [-0.15, -0.1) is 0 Å². The lowest BCUT2D eigenvalue weighted by molar-refractivity contribution is 0.198. The molecule has 106 valence electrons. The monoisotopic (exact) mass is 325 g/mol. The van der Waals surface area contributed by atoms with Crippen molar-refractivity contribution in [2.24, 2.45) is 0 Å². The van der Waals surface area contributed by atoms with E-state index in [1.807, 2.05) is 6.07 Å². The molecule has 2 nitrogen and oxygen atoms in total. The molecule has 1 aromatic carbocycles. The summed E-state index contributed by atoms with van der Waals surface area (Å²) < 4.78 is 1.01. The van der Waals surface area contributed by atoms with Crippen LogP contribution in [0.2, 0.25) is 0 Å². The lowest BCUT2D eigenvalue weighted by Gasteiger charge is -2.32. The Balaban J connectivity index is 2.26. The van der Waals surface area contributed by atoms with E-state index in [0.29, 0.717) is 6.04 Å². The van der Waals surface area contributed by atoms with Gasteiger partial charge >= 0.3 is 0 Å². The number of hydrogen-bond acceptors (Lipinski definition) is 2. The van der Waals surface area contributed by atoms with Gasteiger partial charge in [-0.1, -0.05) is 41.8 Å². The van der Waals surface area contributed by atoms with E-state index < -0.39 is 6.10 Å². The number of anilines is 1. The minimum atomic E-state index is -0.422. The normalized spacial score (nSPS) is 22.1. The van der Waals surface area contributed by atoms with Crippen molar-refractivity contribution >= 4 is 21.6 Å². The van der Waals surface area contributed by atoms with Crippen LogP contribution < -0.4 is 4.90 Å². The molecule has 1 fully saturated rings. The molecule has 1 heterocycles. The van der Waals surface area contributed by atoms with Crippen LogP contribution in [0.4, 0.5) is 5.69 Å². The predicted molar refractivity (Wildman–Crippen MR) is 84.7 cm³/mol. The molecule has 1 unspecified atom stereocenters. The standard InChI is InChI=1S/C16H24BrNO/c1-3-13-7-5-4-6-10-18(13)14-8-9-15(12(2)19)16(17)11-14/h8-9,11-13,19H,3-7,10H2,1-2H3/t12-,13?/m1/s1. The summed E-state index contributed by atoms with van der Waals surface area (Å²) in [7, 11) is 0. The van der Waals surface area contributed by atoms with Gasteiger partial charge in [-0.05, 0) is 43.9 Å². The molecule has 0 bridgehead atoms. The Morgan fingerprint density at radius 2 is 2.16 bits per heavy atom. The molecule has 0 aromatic heterocycles. The van der Waals surface area contributed by atoms with Crippen LogP contribution in [0.15, 0.2) is 22.7 Å². The van der Waals surface area contributed by atoms with Crippen molar-refractivity contribution in [1.82, 2.24) is 0 Å². The fourth-order valence-electron chi connectivity index (χ4n) is 2.98. The van der Waals surface area contributed by atoms with Gasteiger partial charge in [0, 0.05) is 22.7 Å². The number of hydrogen-bond donors (Lipinski definition) is 1. The van der Waals surface area contributed by atoms with Crippen LogP contribution in [0.25, 0.3) is 0 Å². The van der Waals surface area contributed by atoms with Gasteiger partial charge in [-0.2, -0.15) is 0 Å². The molecule has 3 heteroatoms. The molecule has 0 radical (unpaired) electrons. The first-order chi connectivity index (χ1) is 9.13. The van der Waals surface area contributed by atoms with Crippen LogP contribution in [0.1, 0.15) is 57.6 Å². The lowest BCUT2D eigenvalue weighted by Crippen LogP contribution is -2.34. The molecular weight excluding hydrogens is 302 g/mol. The lowest BCUT2D eigenvalue weighted by atomic mass is 10.1. The molecule has 2 atom stereocenters. The topological polar surface area (TPSA) is 23.5 Å². The van der Waals surface area contributed by atoms with Crippen molar-refractivity contribution in [2.75, 3.05) is 11.4 Å². The maximum Gasteiger partial charge on any atom is 0.0772 e. The average Bonchev–Trinajstić information content (AvgIpc) is 2.63. The van der Waals surface area contributed by atoms with E-state index in [4.69, 9.17) is 0 Å². The number of aliphatic hydroxyl groups is 1. The van der Waals surface area contributed by atoms with E-state index in [0.717, 1.165) is 16.6 Å². The SMILES string of the molecule is CCC1CCCCCN1c1ccc([C@@H](C)O)c(Br)c1. The van der Waals surface area contributed by atoms with Crippen LogP contribution in [0.3, 0.4) is 0 Å². The van der Waals surface area contributed by atoms with Gasteiger partial charge in [0.2, 0.25) is 0 Å². The molecule has 1 N–H and O–H groups in total. The van der Waals surface area contributed by atoms with Crippen molar-refractivity contribution < 1.29 is 5.11 Å². The van der Waals surface area contributed by atoms with E-state index in [2.05, 4.69) is 39.9 Å². The van der Waals surface area contributed by atoms with Crippen LogP contribution in [0.5, 0.6) is 0 Å². The first-order valence-electron chi connectivity index (χ1n) is 7.37. The highest BCUT2D eigenvalue weighted by Gasteiger charge is 2.20. The number of halogens is 1. The number of nitrogens with zero attached hydrogens (tertiary/aromatic N) is 1. The van der Waals surface area contributed by atoms with Crippen LogP contribution in [0, 0.1) is 0 Å². The number of rotatable bonds is 3. The fourth-order valence-corrected chi connectivity index (χ4v) is 3.67. The van der Waals surface area contributed by atoms with Crippen LogP contribution in [-0.2, 0) is 0 Å². The van der Waals surface area contributed by atoms with Gasteiger partial charge in [-0.3, -0.25) is 0 Å². The second kappa shape index (κ2) is 6.76. The second-order valence-electron chi connectivity index (χ2n) is 5.49. The molecule has 1 aliphatic heterocycles. The highest BCUT2D eigenvalue weighted by Crippen LogP contribution is 2.31. The Hall–Kier alpha value is -0.540. The van der Waals surface area contributed by atoms with Crippen molar-refractivity contribution in [3.63, 3.8) is 0 Å². The van der Waals surface area contributed by atoms with Gasteiger partial charge in [0.05, 0.1) is 6.10 Å². The molecule has 0 spiro atoms. The highest BCUT2D eigenvalue weighted by molar-refractivity contribution is 9.10. The van der Waals surface area contributed by atoms with Crippen molar-refractivity contribution in [3.05, 3.63) is 28.2 Å². The van der Waals surface area contributed by atoms with E-state index in [9.17, 15) is 5.11 Å². The molecule has 2 rings (SSSR count). The van der Waals surface area contributed by atoms with Crippen LogP contribution in [-0.4, -0.2) is 17.7 Å². The van der Waals surface area contributed by atoms with Gasteiger partial charge in [-0.25, -0.2) is 0 Å². The summed E-state index contributed by atoms with van der Waals surface area (Å²) in [5.74, 6) is 0. The quantitative estimate of drug-likeness (QED) is 0.873. The van der Waals surface area contributed by atoms with E-state index in [-0.39, 0.29) is 0 Å². The summed E-state index contributed by atoms with van der Waals surface area (Å²) in [6.07, 6.45) is 6.06. The zero-order valence-corrected chi connectivity index (χ0v) is 13.5. The minimum absolute atomic E-state index is 0.422. The molecule has 1 aliphatic rings. The average molecular weight is 326 g/mol. The van der Waals surface area contributed by atoms with E-state index in [1.165, 1.54) is 37.8 Å². The number of benzene rings is 1. The summed E-state index contributed by atoms with van der Waals surface area (Å²) in [5, 5.41) is 9.71.